The second kappa shape index (κ2) is 10.5. The summed E-state index contributed by atoms with van der Waals surface area (Å²) in [6, 6.07) is 17.6. The largest absolute Gasteiger partial charge is 0.507 e. The molecule has 1 saturated carbocycles. The summed E-state index contributed by atoms with van der Waals surface area (Å²) >= 11 is 0. The Balaban J connectivity index is 1.43. The number of anilines is 1. The molecule has 3 N–H and O–H groups in total. The fourth-order valence-electron chi connectivity index (χ4n) is 4.99. The van der Waals surface area contributed by atoms with Crippen LogP contribution in [0.5, 0.6) is 17.2 Å². The zero-order valence-electron chi connectivity index (χ0n) is 20.6. The SMILES string of the molecule is COc1ccc(CN2CCCC(c3cc(-c4c(O)cccc4OCC4CC4)nc(N)c3C#N)C2)cc1. The van der Waals surface area contributed by atoms with Gasteiger partial charge >= 0.3 is 0 Å². The molecule has 1 saturated heterocycles. The molecule has 5 rings (SSSR count). The van der Waals surface area contributed by atoms with E-state index in [9.17, 15) is 10.4 Å². The van der Waals surface area contributed by atoms with Crippen molar-refractivity contribution in [1.82, 2.24) is 9.88 Å². The van der Waals surface area contributed by atoms with Gasteiger partial charge in [0.05, 0.1) is 30.5 Å². The molecule has 1 unspecified atom stereocenters. The highest BCUT2D eigenvalue weighted by Crippen LogP contribution is 2.41. The average molecular weight is 485 g/mol. The van der Waals surface area contributed by atoms with E-state index in [1.54, 1.807) is 19.2 Å². The summed E-state index contributed by atoms with van der Waals surface area (Å²) in [5, 5.41) is 20.7. The van der Waals surface area contributed by atoms with Crippen LogP contribution in [0.4, 0.5) is 5.82 Å². The molecule has 7 nitrogen and oxygen atoms in total. The normalized spacial score (nSPS) is 17.9. The molecule has 2 fully saturated rings. The molecule has 0 bridgehead atoms. The van der Waals surface area contributed by atoms with Crippen LogP contribution in [0, 0.1) is 17.2 Å². The molecule has 2 aromatic carbocycles. The zero-order valence-corrected chi connectivity index (χ0v) is 20.6. The lowest BCUT2D eigenvalue weighted by atomic mass is 9.87. The average Bonchev–Trinajstić information content (AvgIpc) is 3.72. The molecule has 1 aliphatic heterocycles. The van der Waals surface area contributed by atoms with Gasteiger partial charge in [-0.3, -0.25) is 4.90 Å². The predicted molar refractivity (Wildman–Crippen MR) is 139 cm³/mol. The third-order valence-electron chi connectivity index (χ3n) is 7.13. The van der Waals surface area contributed by atoms with Gasteiger partial charge in [0, 0.05) is 13.1 Å². The number of aromatic nitrogens is 1. The molecule has 0 radical (unpaired) electrons. The summed E-state index contributed by atoms with van der Waals surface area (Å²) < 4.78 is 11.3. The standard InChI is InChI=1S/C29H32N4O3/c1-35-22-11-9-19(10-12-22)16-33-13-3-4-21(17-33)23-14-25(32-29(31)24(23)15-30)28-26(34)5-2-6-27(28)36-18-20-7-8-20/h2,5-6,9-12,14,20-21,34H,3-4,7-8,13,16-18H2,1H3,(H2,31,32). The summed E-state index contributed by atoms with van der Waals surface area (Å²) in [6.07, 6.45) is 4.34. The predicted octanol–water partition coefficient (Wildman–Crippen LogP) is 5.09. The molecular weight excluding hydrogens is 452 g/mol. The van der Waals surface area contributed by atoms with Gasteiger partial charge in [0.25, 0.3) is 0 Å². The Kier molecular flexibility index (Phi) is 6.97. The van der Waals surface area contributed by atoms with E-state index in [2.05, 4.69) is 28.1 Å². The number of nitrogen functional groups attached to an aromatic ring is 1. The summed E-state index contributed by atoms with van der Waals surface area (Å²) in [6.45, 7) is 3.26. The highest BCUT2D eigenvalue weighted by atomic mass is 16.5. The first-order valence-electron chi connectivity index (χ1n) is 12.6. The van der Waals surface area contributed by atoms with Crippen molar-refractivity contribution in [2.75, 3.05) is 32.5 Å². The maximum atomic E-state index is 10.7. The van der Waals surface area contributed by atoms with Crippen molar-refractivity contribution in [2.24, 2.45) is 5.92 Å². The fourth-order valence-corrected chi connectivity index (χ4v) is 4.99. The molecule has 1 aromatic heterocycles. The number of methoxy groups -OCH3 is 1. The second-order valence-corrected chi connectivity index (χ2v) is 9.80. The Bertz CT molecular complexity index is 1260. The molecule has 2 aliphatic rings. The number of rotatable bonds is 8. The first-order valence-corrected chi connectivity index (χ1v) is 12.6. The number of ether oxygens (including phenoxy) is 2. The Morgan fingerprint density at radius 1 is 1.17 bits per heavy atom. The van der Waals surface area contributed by atoms with E-state index in [-0.39, 0.29) is 17.5 Å². The molecule has 0 spiro atoms. The van der Waals surface area contributed by atoms with E-state index in [0.29, 0.717) is 35.1 Å². The van der Waals surface area contributed by atoms with Crippen LogP contribution in [-0.4, -0.2) is 41.8 Å². The van der Waals surface area contributed by atoms with Crippen molar-refractivity contribution in [3.8, 4) is 34.6 Å². The number of pyridine rings is 1. The number of hydrogen-bond donors (Lipinski definition) is 2. The quantitative estimate of drug-likeness (QED) is 0.459. The van der Waals surface area contributed by atoms with Crippen LogP contribution in [0.15, 0.2) is 48.5 Å². The molecule has 1 aliphatic carbocycles. The van der Waals surface area contributed by atoms with Crippen LogP contribution in [-0.2, 0) is 6.54 Å². The lowest BCUT2D eigenvalue weighted by Crippen LogP contribution is -2.34. The third-order valence-corrected chi connectivity index (χ3v) is 7.13. The number of benzene rings is 2. The van der Waals surface area contributed by atoms with E-state index in [4.69, 9.17) is 15.2 Å². The third kappa shape index (κ3) is 5.24. The summed E-state index contributed by atoms with van der Waals surface area (Å²) in [4.78, 5) is 6.94. The van der Waals surface area contributed by atoms with Crippen molar-refractivity contribution in [3.05, 3.63) is 65.2 Å². The molecule has 1 atom stereocenters. The van der Waals surface area contributed by atoms with Crippen molar-refractivity contribution < 1.29 is 14.6 Å². The van der Waals surface area contributed by atoms with E-state index < -0.39 is 0 Å². The summed E-state index contributed by atoms with van der Waals surface area (Å²) in [7, 11) is 1.67. The Morgan fingerprint density at radius 2 is 1.97 bits per heavy atom. The Hall–Kier alpha value is -3.76. The number of piperidine rings is 1. The van der Waals surface area contributed by atoms with Gasteiger partial charge < -0.3 is 20.3 Å². The zero-order chi connectivity index (χ0) is 25.1. The highest BCUT2D eigenvalue weighted by molar-refractivity contribution is 5.76. The number of nitrogens with zero attached hydrogens (tertiary/aromatic N) is 3. The number of aromatic hydroxyl groups is 1. The van der Waals surface area contributed by atoms with E-state index in [0.717, 1.165) is 43.8 Å². The van der Waals surface area contributed by atoms with Gasteiger partial charge in [-0.25, -0.2) is 4.98 Å². The van der Waals surface area contributed by atoms with E-state index in [1.807, 2.05) is 24.3 Å². The number of phenolic OH excluding ortho intramolecular Hbond substituents is 1. The number of nitriles is 1. The fraction of sp³-hybridized carbons (Fsp3) is 0.379. The van der Waals surface area contributed by atoms with Gasteiger partial charge in [-0.15, -0.1) is 0 Å². The minimum atomic E-state index is 0.0932. The van der Waals surface area contributed by atoms with Crippen molar-refractivity contribution >= 4 is 5.82 Å². The summed E-state index contributed by atoms with van der Waals surface area (Å²) in [5.41, 5.74) is 9.91. The first kappa shape index (κ1) is 24.0. The minimum absolute atomic E-state index is 0.0932. The minimum Gasteiger partial charge on any atom is -0.507 e. The maximum Gasteiger partial charge on any atom is 0.142 e. The van der Waals surface area contributed by atoms with Gasteiger partial charge in [-0.2, -0.15) is 5.26 Å². The monoisotopic (exact) mass is 484 g/mol. The van der Waals surface area contributed by atoms with E-state index >= 15 is 0 Å². The van der Waals surface area contributed by atoms with Crippen LogP contribution >= 0.6 is 0 Å². The molecule has 7 heteroatoms. The lowest BCUT2D eigenvalue weighted by Gasteiger charge is -2.33. The van der Waals surface area contributed by atoms with Crippen LogP contribution in [0.2, 0.25) is 0 Å². The van der Waals surface area contributed by atoms with E-state index in [1.165, 1.54) is 18.4 Å². The van der Waals surface area contributed by atoms with Crippen LogP contribution in [0.25, 0.3) is 11.3 Å². The van der Waals surface area contributed by atoms with Crippen molar-refractivity contribution in [1.29, 1.82) is 5.26 Å². The van der Waals surface area contributed by atoms with Gasteiger partial charge in [0.15, 0.2) is 0 Å². The number of nitrogens with two attached hydrogens (primary N) is 1. The van der Waals surface area contributed by atoms with Gasteiger partial charge in [0.2, 0.25) is 0 Å². The van der Waals surface area contributed by atoms with Gasteiger partial charge in [-0.1, -0.05) is 18.2 Å². The highest BCUT2D eigenvalue weighted by Gasteiger charge is 2.27. The van der Waals surface area contributed by atoms with Gasteiger partial charge in [0.1, 0.15) is 29.1 Å². The molecule has 186 valence electrons. The second-order valence-electron chi connectivity index (χ2n) is 9.80. The molecular formula is C29H32N4O3. The number of phenols is 1. The topological polar surface area (TPSA) is 105 Å². The molecule has 0 amide bonds. The first-order chi connectivity index (χ1) is 17.6. The Morgan fingerprint density at radius 3 is 2.69 bits per heavy atom. The summed E-state index contributed by atoms with van der Waals surface area (Å²) in [5.74, 6) is 2.43. The lowest BCUT2D eigenvalue weighted by molar-refractivity contribution is 0.200. The number of hydrogen-bond acceptors (Lipinski definition) is 7. The Labute approximate surface area is 212 Å². The number of likely N-dealkylation sites (tertiary alicyclic amines) is 1. The molecule has 2 heterocycles. The van der Waals surface area contributed by atoms with Crippen molar-refractivity contribution in [3.63, 3.8) is 0 Å². The molecule has 36 heavy (non-hydrogen) atoms. The van der Waals surface area contributed by atoms with Crippen LogP contribution < -0.4 is 15.2 Å². The van der Waals surface area contributed by atoms with Crippen LogP contribution in [0.1, 0.15) is 48.3 Å². The van der Waals surface area contributed by atoms with Crippen LogP contribution in [0.3, 0.4) is 0 Å². The van der Waals surface area contributed by atoms with Crippen molar-refractivity contribution in [2.45, 2.75) is 38.1 Å². The smallest absolute Gasteiger partial charge is 0.142 e. The van der Waals surface area contributed by atoms with Gasteiger partial charge in [-0.05, 0) is 85.5 Å². The molecule has 3 aromatic rings. The maximum absolute atomic E-state index is 10.7.